The first kappa shape index (κ1) is 17.1. The van der Waals surface area contributed by atoms with Crippen molar-refractivity contribution in [2.45, 2.75) is 26.3 Å². The minimum absolute atomic E-state index is 0.325. The fraction of sp³-hybridized carbons (Fsp3) is 0.526. The average molecular weight is 328 g/mol. The van der Waals surface area contributed by atoms with Crippen LogP contribution in [-0.2, 0) is 6.54 Å². The van der Waals surface area contributed by atoms with Crippen LogP contribution in [0.15, 0.2) is 36.7 Å². The van der Waals surface area contributed by atoms with E-state index in [4.69, 9.17) is 0 Å². The summed E-state index contributed by atoms with van der Waals surface area (Å²) in [5, 5.41) is 17.1. The number of piperidine rings is 1. The summed E-state index contributed by atoms with van der Waals surface area (Å²) in [5.74, 6) is 0.468. The maximum absolute atomic E-state index is 9.30. The van der Waals surface area contributed by atoms with E-state index in [1.54, 1.807) is 6.20 Å². The van der Waals surface area contributed by atoms with Crippen molar-refractivity contribution in [2.24, 2.45) is 5.92 Å². The summed E-state index contributed by atoms with van der Waals surface area (Å²) in [6.07, 6.45) is 6.14. The molecule has 24 heavy (non-hydrogen) atoms. The molecule has 5 nitrogen and oxygen atoms in total. The van der Waals surface area contributed by atoms with Gasteiger partial charge in [0.1, 0.15) is 0 Å². The predicted octanol–water partition coefficient (Wildman–Crippen LogP) is 1.97. The van der Waals surface area contributed by atoms with Crippen LogP contribution in [-0.4, -0.2) is 52.6 Å². The lowest BCUT2D eigenvalue weighted by Crippen LogP contribution is -2.40. The average Bonchev–Trinajstić information content (AvgIpc) is 3.14. The number of aliphatic hydroxyl groups excluding tert-OH is 1. The number of hydrogen-bond donors (Lipinski definition) is 2. The molecule has 1 atom stereocenters. The molecule has 2 heterocycles. The van der Waals surface area contributed by atoms with Crippen molar-refractivity contribution in [3.05, 3.63) is 47.8 Å². The molecule has 1 saturated heterocycles. The van der Waals surface area contributed by atoms with Crippen LogP contribution < -0.4 is 5.32 Å². The lowest BCUT2D eigenvalue weighted by molar-refractivity contribution is 0.121. The number of rotatable bonds is 7. The van der Waals surface area contributed by atoms with Gasteiger partial charge in [-0.1, -0.05) is 6.07 Å². The number of nitrogens with one attached hydrogen (secondary N) is 1. The Balaban J connectivity index is 1.45. The van der Waals surface area contributed by atoms with E-state index in [1.165, 1.54) is 24.0 Å². The number of hydrogen-bond acceptors (Lipinski definition) is 4. The Morgan fingerprint density at radius 1 is 1.38 bits per heavy atom. The van der Waals surface area contributed by atoms with Crippen LogP contribution in [0.25, 0.3) is 5.69 Å². The molecule has 0 aliphatic carbocycles. The van der Waals surface area contributed by atoms with Crippen molar-refractivity contribution < 1.29 is 5.11 Å². The standard InChI is InChI=1S/C19H28N4O/c1-16-12-19(23-10-3-7-21-23)6-5-18(16)13-20-8-11-22-9-2-4-17(14-22)15-24/h3,5-7,10,12,17,20,24H,2,4,8-9,11,13-15H2,1H3. The molecule has 1 aliphatic heterocycles. The van der Waals surface area contributed by atoms with E-state index >= 15 is 0 Å². The molecular formula is C19H28N4O. The van der Waals surface area contributed by atoms with Gasteiger partial charge in [-0.15, -0.1) is 0 Å². The van der Waals surface area contributed by atoms with Crippen molar-refractivity contribution >= 4 is 0 Å². The van der Waals surface area contributed by atoms with Crippen molar-refractivity contribution in [3.8, 4) is 5.69 Å². The van der Waals surface area contributed by atoms with Gasteiger partial charge in [-0.3, -0.25) is 0 Å². The Kier molecular flexibility index (Phi) is 6.01. The Labute approximate surface area is 144 Å². The number of aliphatic hydroxyl groups is 1. The Morgan fingerprint density at radius 3 is 3.04 bits per heavy atom. The van der Waals surface area contributed by atoms with Crippen LogP contribution in [0.1, 0.15) is 24.0 Å². The molecule has 0 amide bonds. The fourth-order valence-electron chi connectivity index (χ4n) is 3.41. The SMILES string of the molecule is Cc1cc(-n2cccn2)ccc1CNCCN1CCCC(CO)C1. The third-order valence-electron chi connectivity index (χ3n) is 4.88. The summed E-state index contributed by atoms with van der Waals surface area (Å²) < 4.78 is 1.89. The smallest absolute Gasteiger partial charge is 0.0648 e. The van der Waals surface area contributed by atoms with E-state index in [0.717, 1.165) is 38.4 Å². The third-order valence-corrected chi connectivity index (χ3v) is 4.88. The van der Waals surface area contributed by atoms with E-state index in [1.807, 2.05) is 16.9 Å². The molecule has 2 N–H and O–H groups in total. The zero-order valence-electron chi connectivity index (χ0n) is 14.5. The van der Waals surface area contributed by atoms with Crippen LogP contribution in [0.2, 0.25) is 0 Å². The largest absolute Gasteiger partial charge is 0.396 e. The third kappa shape index (κ3) is 4.44. The number of aryl methyl sites for hydroxylation is 1. The Morgan fingerprint density at radius 2 is 2.29 bits per heavy atom. The zero-order chi connectivity index (χ0) is 16.8. The molecule has 1 aromatic heterocycles. The second-order valence-electron chi connectivity index (χ2n) is 6.73. The molecule has 1 fully saturated rings. The van der Waals surface area contributed by atoms with E-state index in [-0.39, 0.29) is 0 Å². The van der Waals surface area contributed by atoms with Crippen LogP contribution in [0, 0.1) is 12.8 Å². The summed E-state index contributed by atoms with van der Waals surface area (Å²) in [4.78, 5) is 2.46. The maximum atomic E-state index is 9.30. The predicted molar refractivity (Wildman–Crippen MR) is 96.3 cm³/mol. The molecule has 2 aromatic rings. The van der Waals surface area contributed by atoms with Gasteiger partial charge in [0, 0.05) is 45.2 Å². The lowest BCUT2D eigenvalue weighted by atomic mass is 9.99. The molecule has 0 radical (unpaired) electrons. The first-order chi connectivity index (χ1) is 11.8. The highest BCUT2D eigenvalue weighted by Crippen LogP contribution is 2.16. The fourth-order valence-corrected chi connectivity index (χ4v) is 3.41. The molecule has 3 rings (SSSR count). The lowest BCUT2D eigenvalue weighted by Gasteiger charge is -2.31. The number of aromatic nitrogens is 2. The van der Waals surface area contributed by atoms with Crippen LogP contribution >= 0.6 is 0 Å². The normalized spacial score (nSPS) is 18.8. The van der Waals surface area contributed by atoms with Crippen molar-refractivity contribution in [2.75, 3.05) is 32.8 Å². The van der Waals surface area contributed by atoms with E-state index in [9.17, 15) is 5.11 Å². The van der Waals surface area contributed by atoms with Crippen molar-refractivity contribution in [1.82, 2.24) is 20.0 Å². The van der Waals surface area contributed by atoms with E-state index < -0.39 is 0 Å². The minimum Gasteiger partial charge on any atom is -0.396 e. The molecular weight excluding hydrogens is 300 g/mol. The number of likely N-dealkylation sites (tertiary alicyclic amines) is 1. The number of benzene rings is 1. The van der Waals surface area contributed by atoms with Crippen LogP contribution in [0.3, 0.4) is 0 Å². The highest BCUT2D eigenvalue weighted by atomic mass is 16.3. The Hall–Kier alpha value is -1.69. The van der Waals surface area contributed by atoms with Crippen LogP contribution in [0.4, 0.5) is 0 Å². The zero-order valence-corrected chi connectivity index (χ0v) is 14.5. The summed E-state index contributed by atoms with van der Waals surface area (Å²) >= 11 is 0. The van der Waals surface area contributed by atoms with Crippen molar-refractivity contribution in [1.29, 1.82) is 0 Å². The quantitative estimate of drug-likeness (QED) is 0.763. The molecule has 0 spiro atoms. The molecule has 130 valence electrons. The molecule has 1 aromatic carbocycles. The van der Waals surface area contributed by atoms with Gasteiger partial charge in [-0.05, 0) is 61.6 Å². The van der Waals surface area contributed by atoms with E-state index in [2.05, 4.69) is 40.4 Å². The maximum Gasteiger partial charge on any atom is 0.0648 e. The van der Waals surface area contributed by atoms with Gasteiger partial charge < -0.3 is 15.3 Å². The molecule has 0 saturated carbocycles. The number of nitrogens with zero attached hydrogens (tertiary/aromatic N) is 3. The first-order valence-corrected chi connectivity index (χ1v) is 8.90. The van der Waals surface area contributed by atoms with Gasteiger partial charge in [-0.25, -0.2) is 4.68 Å². The van der Waals surface area contributed by atoms with Crippen LogP contribution in [0.5, 0.6) is 0 Å². The highest BCUT2D eigenvalue weighted by Gasteiger charge is 2.18. The topological polar surface area (TPSA) is 53.3 Å². The van der Waals surface area contributed by atoms with Crippen molar-refractivity contribution in [3.63, 3.8) is 0 Å². The molecule has 1 unspecified atom stereocenters. The minimum atomic E-state index is 0.325. The highest BCUT2D eigenvalue weighted by molar-refractivity contribution is 5.39. The summed E-state index contributed by atoms with van der Waals surface area (Å²) in [6.45, 7) is 7.61. The van der Waals surface area contributed by atoms with E-state index in [0.29, 0.717) is 12.5 Å². The van der Waals surface area contributed by atoms with Gasteiger partial charge in [-0.2, -0.15) is 5.10 Å². The van der Waals surface area contributed by atoms with Gasteiger partial charge in [0.15, 0.2) is 0 Å². The Bertz CT molecular complexity index is 626. The van der Waals surface area contributed by atoms with Gasteiger partial charge in [0.2, 0.25) is 0 Å². The van der Waals surface area contributed by atoms with Gasteiger partial charge >= 0.3 is 0 Å². The van der Waals surface area contributed by atoms with Gasteiger partial charge in [0.25, 0.3) is 0 Å². The molecule has 0 bridgehead atoms. The molecule has 5 heteroatoms. The van der Waals surface area contributed by atoms with Gasteiger partial charge in [0.05, 0.1) is 5.69 Å². The summed E-state index contributed by atoms with van der Waals surface area (Å²) in [7, 11) is 0. The second kappa shape index (κ2) is 8.42. The summed E-state index contributed by atoms with van der Waals surface area (Å²) in [5.41, 5.74) is 3.72. The second-order valence-corrected chi connectivity index (χ2v) is 6.73. The molecule has 1 aliphatic rings. The monoisotopic (exact) mass is 328 g/mol. The first-order valence-electron chi connectivity index (χ1n) is 8.90. The summed E-state index contributed by atoms with van der Waals surface area (Å²) in [6, 6.07) is 8.42.